The number of carbonyl (C=O) groups excluding carboxylic acids is 1. The lowest BCUT2D eigenvalue weighted by Gasteiger charge is -2.37. The van der Waals surface area contributed by atoms with E-state index in [4.69, 9.17) is 4.52 Å². The zero-order chi connectivity index (χ0) is 19.3. The lowest BCUT2D eigenvalue weighted by atomic mass is 9.75. The van der Waals surface area contributed by atoms with Gasteiger partial charge in [0.2, 0.25) is 17.6 Å². The van der Waals surface area contributed by atoms with Crippen molar-refractivity contribution in [2.75, 3.05) is 0 Å². The van der Waals surface area contributed by atoms with Crippen molar-refractivity contribution in [1.82, 2.24) is 20.4 Å². The predicted molar refractivity (Wildman–Crippen MR) is 96.6 cm³/mol. The van der Waals surface area contributed by atoms with E-state index < -0.39 is 11.5 Å². The Kier molecular flexibility index (Phi) is 5.83. The van der Waals surface area contributed by atoms with Crippen LogP contribution in [0.3, 0.4) is 0 Å². The van der Waals surface area contributed by atoms with Crippen LogP contribution < -0.4 is 5.32 Å². The number of aryl methyl sites for hydroxylation is 1. The fourth-order valence-corrected chi connectivity index (χ4v) is 3.48. The maximum absolute atomic E-state index is 12.3. The van der Waals surface area contributed by atoms with Crippen molar-refractivity contribution < 1.29 is 19.2 Å². The Bertz CT molecular complexity index is 782. The first-order valence-electron chi connectivity index (χ1n) is 9.31. The second-order valence-corrected chi connectivity index (χ2v) is 7.01. The number of carboxylic acids is 1. The topological polar surface area (TPSA) is 118 Å². The van der Waals surface area contributed by atoms with E-state index in [1.165, 1.54) is 0 Å². The van der Waals surface area contributed by atoms with Crippen LogP contribution in [0.4, 0.5) is 0 Å². The Morgan fingerprint density at radius 3 is 2.74 bits per heavy atom. The van der Waals surface area contributed by atoms with Gasteiger partial charge in [-0.3, -0.25) is 9.78 Å². The van der Waals surface area contributed by atoms with Gasteiger partial charge >= 0.3 is 5.97 Å². The van der Waals surface area contributed by atoms with Crippen LogP contribution in [0.5, 0.6) is 0 Å². The zero-order valence-electron chi connectivity index (χ0n) is 15.4. The first kappa shape index (κ1) is 19.0. The Labute approximate surface area is 157 Å². The third kappa shape index (κ3) is 4.50. The van der Waals surface area contributed by atoms with Crippen molar-refractivity contribution in [2.45, 2.75) is 57.4 Å². The van der Waals surface area contributed by atoms with Crippen molar-refractivity contribution in [3.8, 4) is 11.5 Å². The summed E-state index contributed by atoms with van der Waals surface area (Å²) >= 11 is 0. The summed E-state index contributed by atoms with van der Waals surface area (Å²) < 4.78 is 5.16. The minimum Gasteiger partial charge on any atom is -0.480 e. The number of rotatable bonds is 7. The van der Waals surface area contributed by atoms with E-state index in [1.807, 2.05) is 6.07 Å². The fourth-order valence-electron chi connectivity index (χ4n) is 3.48. The minimum atomic E-state index is -1.16. The van der Waals surface area contributed by atoms with Gasteiger partial charge in [-0.15, -0.1) is 0 Å². The van der Waals surface area contributed by atoms with Crippen molar-refractivity contribution in [3.05, 3.63) is 30.3 Å². The van der Waals surface area contributed by atoms with E-state index in [0.717, 1.165) is 19.3 Å². The van der Waals surface area contributed by atoms with Gasteiger partial charge in [0.25, 0.3) is 0 Å². The molecule has 1 amide bonds. The van der Waals surface area contributed by atoms with Crippen molar-refractivity contribution >= 4 is 11.9 Å². The van der Waals surface area contributed by atoms with Gasteiger partial charge in [0, 0.05) is 19.0 Å². The summed E-state index contributed by atoms with van der Waals surface area (Å²) in [4.78, 5) is 32.5. The van der Waals surface area contributed by atoms with Gasteiger partial charge in [0.15, 0.2) is 0 Å². The largest absolute Gasteiger partial charge is 0.480 e. The molecule has 3 rings (SSSR count). The Balaban J connectivity index is 1.56. The summed E-state index contributed by atoms with van der Waals surface area (Å²) in [6.07, 6.45) is 5.60. The molecule has 0 atom stereocenters. The third-order valence-corrected chi connectivity index (χ3v) is 5.25. The number of aliphatic carboxylic acids is 1. The Hall–Kier alpha value is -2.77. The molecule has 2 N–H and O–H groups in total. The van der Waals surface area contributed by atoms with E-state index >= 15 is 0 Å². The second kappa shape index (κ2) is 8.28. The summed E-state index contributed by atoms with van der Waals surface area (Å²) in [5.41, 5.74) is -0.564. The van der Waals surface area contributed by atoms with Gasteiger partial charge in [-0.05, 0) is 43.7 Å². The van der Waals surface area contributed by atoms with Gasteiger partial charge in [0.1, 0.15) is 11.2 Å². The van der Waals surface area contributed by atoms with E-state index in [-0.39, 0.29) is 18.7 Å². The average molecular weight is 372 g/mol. The molecule has 27 heavy (non-hydrogen) atoms. The number of nitrogens with one attached hydrogen (secondary N) is 1. The van der Waals surface area contributed by atoms with Crippen molar-refractivity contribution in [3.63, 3.8) is 0 Å². The molecule has 0 bridgehead atoms. The summed E-state index contributed by atoms with van der Waals surface area (Å²) in [6, 6.07) is 5.39. The molecular weight excluding hydrogens is 348 g/mol. The highest BCUT2D eigenvalue weighted by Crippen LogP contribution is 2.34. The van der Waals surface area contributed by atoms with Crippen LogP contribution >= 0.6 is 0 Å². The molecule has 2 aromatic heterocycles. The molecule has 0 aromatic carbocycles. The lowest BCUT2D eigenvalue weighted by molar-refractivity contribution is -0.149. The first-order valence-corrected chi connectivity index (χ1v) is 9.31. The van der Waals surface area contributed by atoms with Gasteiger partial charge < -0.3 is 14.9 Å². The summed E-state index contributed by atoms with van der Waals surface area (Å²) in [5, 5.41) is 16.3. The Morgan fingerprint density at radius 1 is 1.33 bits per heavy atom. The number of amides is 1. The van der Waals surface area contributed by atoms with Gasteiger partial charge in [-0.2, -0.15) is 4.98 Å². The molecule has 2 aromatic rings. The van der Waals surface area contributed by atoms with Gasteiger partial charge in [-0.1, -0.05) is 24.6 Å². The number of hydrogen-bond donors (Lipinski definition) is 2. The van der Waals surface area contributed by atoms with Gasteiger partial charge in [-0.25, -0.2) is 4.79 Å². The normalized spacial score (nSPS) is 22.3. The molecule has 0 spiro atoms. The number of carboxylic acid groups (broad SMARTS) is 1. The highest BCUT2D eigenvalue weighted by atomic mass is 16.5. The maximum Gasteiger partial charge on any atom is 0.329 e. The fraction of sp³-hybridized carbons (Fsp3) is 0.526. The molecule has 0 aliphatic heterocycles. The molecule has 144 valence electrons. The highest BCUT2D eigenvalue weighted by molar-refractivity contribution is 5.87. The molecule has 8 nitrogen and oxygen atoms in total. The molecular formula is C19H24N4O4. The summed E-state index contributed by atoms with van der Waals surface area (Å²) in [7, 11) is 0. The van der Waals surface area contributed by atoms with Crippen LogP contribution in [-0.2, 0) is 16.0 Å². The molecule has 0 saturated heterocycles. The van der Waals surface area contributed by atoms with Gasteiger partial charge in [0.05, 0.1) is 0 Å². The predicted octanol–water partition coefficient (Wildman–Crippen LogP) is 2.60. The monoisotopic (exact) mass is 372 g/mol. The van der Waals surface area contributed by atoms with E-state index in [1.54, 1.807) is 18.3 Å². The standard InChI is InChI=1S/C19H24N4O4/c1-2-13-8-10-19(11-9-13,18(25)26)22-15(24)6-7-16-21-17(23-27-16)14-5-3-4-12-20-14/h3-5,12-13H,2,6-11H2,1H3,(H,22,24)(H,25,26). The second-order valence-electron chi connectivity index (χ2n) is 7.01. The highest BCUT2D eigenvalue weighted by Gasteiger charge is 2.42. The number of hydrogen-bond acceptors (Lipinski definition) is 6. The van der Waals surface area contributed by atoms with E-state index in [2.05, 4.69) is 27.4 Å². The molecule has 0 unspecified atom stereocenters. The minimum absolute atomic E-state index is 0.0933. The van der Waals surface area contributed by atoms with E-state index in [9.17, 15) is 14.7 Å². The molecule has 0 radical (unpaired) electrons. The number of aromatic nitrogens is 3. The van der Waals surface area contributed by atoms with Crippen LogP contribution in [0.25, 0.3) is 11.5 Å². The molecule has 8 heteroatoms. The smallest absolute Gasteiger partial charge is 0.329 e. The Morgan fingerprint density at radius 2 is 2.11 bits per heavy atom. The first-order chi connectivity index (χ1) is 13.0. The number of carbonyl (C=O) groups is 2. The van der Waals surface area contributed by atoms with Crippen LogP contribution in [-0.4, -0.2) is 37.6 Å². The number of nitrogens with zero attached hydrogens (tertiary/aromatic N) is 3. The SMILES string of the molecule is CCC1CCC(NC(=O)CCc2nc(-c3ccccn3)no2)(C(=O)O)CC1. The van der Waals surface area contributed by atoms with E-state index in [0.29, 0.717) is 36.2 Å². The van der Waals surface area contributed by atoms with Crippen LogP contribution in [0.2, 0.25) is 0 Å². The van der Waals surface area contributed by atoms with Crippen LogP contribution in [0.1, 0.15) is 51.3 Å². The molecule has 2 heterocycles. The molecule has 1 aliphatic carbocycles. The van der Waals surface area contributed by atoms with Crippen LogP contribution in [0, 0.1) is 5.92 Å². The average Bonchev–Trinajstić information content (AvgIpc) is 3.17. The van der Waals surface area contributed by atoms with Crippen molar-refractivity contribution in [1.29, 1.82) is 0 Å². The lowest BCUT2D eigenvalue weighted by Crippen LogP contribution is -2.56. The summed E-state index contributed by atoms with van der Waals surface area (Å²) in [5.74, 6) is -0.0425. The number of pyridine rings is 1. The quantitative estimate of drug-likeness (QED) is 0.767. The zero-order valence-corrected chi connectivity index (χ0v) is 15.4. The summed E-state index contributed by atoms with van der Waals surface area (Å²) in [6.45, 7) is 2.11. The third-order valence-electron chi connectivity index (χ3n) is 5.25. The van der Waals surface area contributed by atoms with Crippen LogP contribution in [0.15, 0.2) is 28.9 Å². The maximum atomic E-state index is 12.3. The molecule has 1 fully saturated rings. The van der Waals surface area contributed by atoms with Crippen molar-refractivity contribution in [2.24, 2.45) is 5.92 Å². The molecule has 1 aliphatic rings. The molecule has 1 saturated carbocycles.